The second kappa shape index (κ2) is 7.40. The van der Waals surface area contributed by atoms with E-state index in [2.05, 4.69) is 44.4 Å². The van der Waals surface area contributed by atoms with Gasteiger partial charge < -0.3 is 5.11 Å². The Morgan fingerprint density at radius 2 is 1.77 bits per heavy atom. The molecule has 2 atom stereocenters. The summed E-state index contributed by atoms with van der Waals surface area (Å²) in [5, 5.41) is 13.9. The molecule has 2 N–H and O–H groups in total. The predicted molar refractivity (Wildman–Crippen MR) is 106 cm³/mol. The van der Waals surface area contributed by atoms with Gasteiger partial charge in [-0.25, -0.2) is 0 Å². The fraction of sp³-hybridized carbons (Fsp3) is 0.143. The van der Waals surface area contributed by atoms with Gasteiger partial charge in [0.05, 0.1) is 5.71 Å². The Morgan fingerprint density at radius 1 is 0.962 bits per heavy atom. The van der Waals surface area contributed by atoms with Gasteiger partial charge in [0, 0.05) is 34.9 Å². The molecule has 5 heteroatoms. The molecule has 2 aromatic carbocycles. The molecule has 3 aromatic rings. The fourth-order valence-corrected chi connectivity index (χ4v) is 3.46. The first kappa shape index (κ1) is 16.9. The molecule has 0 saturated carbocycles. The highest BCUT2D eigenvalue weighted by Gasteiger charge is 2.27. The van der Waals surface area contributed by atoms with E-state index in [1.165, 1.54) is 0 Å². The molecule has 0 radical (unpaired) electrons. The number of benzene rings is 2. The number of pyridine rings is 1. The molecule has 0 fully saturated rings. The van der Waals surface area contributed by atoms with Gasteiger partial charge >= 0.3 is 0 Å². The lowest BCUT2D eigenvalue weighted by Gasteiger charge is -2.30. The van der Waals surface area contributed by atoms with Gasteiger partial charge in [-0.1, -0.05) is 46.3 Å². The highest BCUT2D eigenvalue weighted by atomic mass is 79.9. The minimum atomic E-state index is -0.184. The molecule has 0 saturated heterocycles. The van der Waals surface area contributed by atoms with Crippen molar-refractivity contribution in [3.05, 3.63) is 94.2 Å². The molecule has 0 spiro atoms. The van der Waals surface area contributed by atoms with E-state index in [1.807, 2.05) is 42.6 Å². The Labute approximate surface area is 160 Å². The summed E-state index contributed by atoms with van der Waals surface area (Å²) in [6, 6.07) is 19.6. The van der Waals surface area contributed by atoms with Crippen molar-refractivity contribution in [2.75, 3.05) is 0 Å². The molecule has 0 aliphatic carbocycles. The van der Waals surface area contributed by atoms with Crippen molar-refractivity contribution in [1.29, 1.82) is 0 Å². The number of phenolic OH excluding ortho intramolecular Hbond substituents is 1. The predicted octanol–water partition coefficient (Wildman–Crippen LogP) is 4.77. The Bertz CT molecular complexity index is 926. The summed E-state index contributed by atoms with van der Waals surface area (Å²) in [5.41, 5.74) is 3.86. The van der Waals surface area contributed by atoms with Gasteiger partial charge in [-0.05, 0) is 41.5 Å². The van der Waals surface area contributed by atoms with Crippen LogP contribution in [-0.4, -0.2) is 15.8 Å². The first-order valence-electron chi connectivity index (χ1n) is 8.47. The summed E-state index contributed by atoms with van der Waals surface area (Å²) in [6.45, 7) is 0. The van der Waals surface area contributed by atoms with E-state index < -0.39 is 0 Å². The average molecular weight is 408 g/mol. The number of nitrogens with zero attached hydrogens (tertiary/aromatic N) is 2. The Morgan fingerprint density at radius 3 is 2.50 bits per heavy atom. The van der Waals surface area contributed by atoms with E-state index in [4.69, 9.17) is 4.99 Å². The average Bonchev–Trinajstić information content (AvgIpc) is 2.69. The van der Waals surface area contributed by atoms with Gasteiger partial charge in [0.1, 0.15) is 11.9 Å². The zero-order valence-electron chi connectivity index (χ0n) is 14.0. The van der Waals surface area contributed by atoms with Crippen molar-refractivity contribution in [1.82, 2.24) is 10.3 Å². The molecular formula is C21H18BrN3O. The summed E-state index contributed by atoms with van der Waals surface area (Å²) in [4.78, 5) is 9.15. The number of halogens is 1. The quantitative estimate of drug-likeness (QED) is 0.656. The maximum Gasteiger partial charge on any atom is 0.126 e. The van der Waals surface area contributed by atoms with Gasteiger partial charge in [0.25, 0.3) is 0 Å². The van der Waals surface area contributed by atoms with E-state index in [-0.39, 0.29) is 18.0 Å². The molecule has 130 valence electrons. The van der Waals surface area contributed by atoms with Crippen LogP contribution in [0.25, 0.3) is 0 Å². The van der Waals surface area contributed by atoms with Crippen LogP contribution in [0.5, 0.6) is 5.75 Å². The van der Waals surface area contributed by atoms with Gasteiger partial charge in [0.2, 0.25) is 0 Å². The Balaban J connectivity index is 1.75. The summed E-state index contributed by atoms with van der Waals surface area (Å²) >= 11 is 3.48. The van der Waals surface area contributed by atoms with Crippen molar-refractivity contribution in [2.24, 2.45) is 4.99 Å². The molecule has 4 nitrogen and oxygen atoms in total. The maximum atomic E-state index is 10.3. The van der Waals surface area contributed by atoms with Crippen molar-refractivity contribution in [3.63, 3.8) is 0 Å². The van der Waals surface area contributed by atoms with Crippen molar-refractivity contribution >= 4 is 21.6 Å². The van der Waals surface area contributed by atoms with Gasteiger partial charge in [-0.15, -0.1) is 0 Å². The van der Waals surface area contributed by atoms with Crippen LogP contribution in [0.2, 0.25) is 0 Å². The smallest absolute Gasteiger partial charge is 0.126 e. The van der Waals surface area contributed by atoms with Crippen molar-refractivity contribution < 1.29 is 5.11 Å². The van der Waals surface area contributed by atoms with Crippen molar-refractivity contribution in [3.8, 4) is 5.75 Å². The number of para-hydroxylation sites is 1. The van der Waals surface area contributed by atoms with Gasteiger partial charge in [-0.3, -0.25) is 15.3 Å². The molecule has 1 aromatic heterocycles. The number of aliphatic imine (C=N–C) groups is 1. The highest BCUT2D eigenvalue weighted by molar-refractivity contribution is 9.10. The van der Waals surface area contributed by atoms with E-state index in [1.54, 1.807) is 12.3 Å². The number of hydrogen-bond acceptors (Lipinski definition) is 4. The first-order chi connectivity index (χ1) is 12.7. The fourth-order valence-electron chi connectivity index (χ4n) is 3.20. The largest absolute Gasteiger partial charge is 0.507 e. The number of phenols is 1. The van der Waals surface area contributed by atoms with Crippen LogP contribution in [0, 0.1) is 0 Å². The summed E-state index contributed by atoms with van der Waals surface area (Å²) in [6.07, 6.45) is 4.16. The number of rotatable bonds is 3. The number of nitrogens with one attached hydrogen (secondary N) is 1. The minimum absolute atomic E-state index is 0.0736. The molecule has 26 heavy (non-hydrogen) atoms. The highest BCUT2D eigenvalue weighted by Crippen LogP contribution is 2.32. The second-order valence-electron chi connectivity index (χ2n) is 6.26. The zero-order chi connectivity index (χ0) is 17.9. The summed E-state index contributed by atoms with van der Waals surface area (Å²) in [7, 11) is 0. The Kier molecular flexibility index (Phi) is 4.82. The van der Waals surface area contributed by atoms with Gasteiger partial charge in [-0.2, -0.15) is 0 Å². The topological polar surface area (TPSA) is 57.5 Å². The van der Waals surface area contributed by atoms with E-state index in [0.29, 0.717) is 6.42 Å². The molecule has 1 aliphatic heterocycles. The number of aromatic nitrogens is 1. The molecule has 4 rings (SSSR count). The lowest BCUT2D eigenvalue weighted by atomic mass is 9.94. The lowest BCUT2D eigenvalue weighted by Crippen LogP contribution is -2.33. The summed E-state index contributed by atoms with van der Waals surface area (Å²) < 4.78 is 1.03. The van der Waals surface area contributed by atoms with E-state index >= 15 is 0 Å². The van der Waals surface area contributed by atoms with Crippen LogP contribution in [0.15, 0.2) is 82.5 Å². The molecule has 0 bridgehead atoms. The first-order valence-corrected chi connectivity index (χ1v) is 9.26. The van der Waals surface area contributed by atoms with Crippen LogP contribution in [0.3, 0.4) is 0 Å². The zero-order valence-corrected chi connectivity index (χ0v) is 15.6. The monoisotopic (exact) mass is 407 g/mol. The normalized spacial score (nSPS) is 19.8. The van der Waals surface area contributed by atoms with E-state index in [9.17, 15) is 5.11 Å². The molecule has 2 heterocycles. The standard InChI is InChI=1S/C21H18BrN3O/c22-16-9-7-14(8-10-16)21-24-18(15-4-3-11-23-13-15)12-19(25-21)17-5-1-2-6-20(17)26/h1-11,13,18,21,24,26H,12H2. The third kappa shape index (κ3) is 3.54. The van der Waals surface area contributed by atoms with Crippen LogP contribution in [0.1, 0.15) is 35.3 Å². The van der Waals surface area contributed by atoms with Crippen molar-refractivity contribution in [2.45, 2.75) is 18.6 Å². The third-order valence-electron chi connectivity index (χ3n) is 4.53. The lowest BCUT2D eigenvalue weighted by molar-refractivity contribution is 0.438. The molecular weight excluding hydrogens is 390 g/mol. The van der Waals surface area contributed by atoms with E-state index in [0.717, 1.165) is 26.9 Å². The maximum absolute atomic E-state index is 10.3. The molecule has 2 unspecified atom stereocenters. The number of hydrogen-bond donors (Lipinski definition) is 2. The summed E-state index contributed by atoms with van der Waals surface area (Å²) in [5.74, 6) is 0.257. The minimum Gasteiger partial charge on any atom is -0.507 e. The number of aromatic hydroxyl groups is 1. The van der Waals surface area contributed by atoms with Crippen LogP contribution in [-0.2, 0) is 0 Å². The van der Waals surface area contributed by atoms with Crippen LogP contribution < -0.4 is 5.32 Å². The molecule has 0 amide bonds. The van der Waals surface area contributed by atoms with Crippen LogP contribution in [0.4, 0.5) is 0 Å². The van der Waals surface area contributed by atoms with Crippen LogP contribution >= 0.6 is 15.9 Å². The second-order valence-corrected chi connectivity index (χ2v) is 7.17. The Hall–Kier alpha value is -2.50. The third-order valence-corrected chi connectivity index (χ3v) is 5.06. The van der Waals surface area contributed by atoms with Gasteiger partial charge in [0.15, 0.2) is 0 Å². The SMILES string of the molecule is Oc1ccccc1C1=NC(c2ccc(Br)cc2)NC(c2cccnc2)C1. The molecule has 1 aliphatic rings.